The van der Waals surface area contributed by atoms with E-state index in [1.807, 2.05) is 30.3 Å². The maximum atomic E-state index is 13.9. The predicted molar refractivity (Wildman–Crippen MR) is 141 cm³/mol. The summed E-state index contributed by atoms with van der Waals surface area (Å²) in [6, 6.07) is 10.1. The van der Waals surface area contributed by atoms with Gasteiger partial charge in [0.15, 0.2) is 17.3 Å². The molecule has 9 heteroatoms. The van der Waals surface area contributed by atoms with Gasteiger partial charge in [0, 0.05) is 12.3 Å². The molecular formula is C30H34N2O7. The Balaban J connectivity index is 1.50. The minimum absolute atomic E-state index is 0.126. The van der Waals surface area contributed by atoms with Gasteiger partial charge in [0.1, 0.15) is 23.0 Å². The van der Waals surface area contributed by atoms with E-state index in [0.29, 0.717) is 24.8 Å². The zero-order chi connectivity index (χ0) is 28.2. The Hall–Kier alpha value is -3.56. The first-order valence-electron chi connectivity index (χ1n) is 13.2. The SMILES string of the molecule is COc1ccc(CCc2ccc(O)c3c2CC2CC4C(N(C)C)C(=O)C(C(N)=O)CC4(O)C(=O)C2C3=O)cc1. The lowest BCUT2D eigenvalue weighted by atomic mass is 9.52. The summed E-state index contributed by atoms with van der Waals surface area (Å²) in [5.74, 6) is -5.63. The fourth-order valence-corrected chi connectivity index (χ4v) is 7.08. The van der Waals surface area contributed by atoms with E-state index in [0.717, 1.165) is 16.9 Å². The number of carbonyl (C=O) groups is 4. The van der Waals surface area contributed by atoms with Crippen LogP contribution in [0.3, 0.4) is 0 Å². The highest BCUT2D eigenvalue weighted by atomic mass is 16.5. The number of rotatable bonds is 6. The topological polar surface area (TPSA) is 147 Å². The van der Waals surface area contributed by atoms with Crippen molar-refractivity contribution in [3.8, 4) is 11.5 Å². The number of carbonyl (C=O) groups excluding carboxylic acids is 4. The van der Waals surface area contributed by atoms with Gasteiger partial charge in [-0.05, 0) is 80.6 Å². The van der Waals surface area contributed by atoms with Crippen molar-refractivity contribution in [2.75, 3.05) is 21.2 Å². The average molecular weight is 535 g/mol. The van der Waals surface area contributed by atoms with E-state index in [1.54, 1.807) is 26.1 Å². The van der Waals surface area contributed by atoms with Crippen molar-refractivity contribution in [2.24, 2.45) is 29.4 Å². The summed E-state index contributed by atoms with van der Waals surface area (Å²) in [5.41, 5.74) is 6.29. The summed E-state index contributed by atoms with van der Waals surface area (Å²) >= 11 is 0. The molecule has 2 aromatic rings. The van der Waals surface area contributed by atoms with Crippen molar-refractivity contribution >= 4 is 23.3 Å². The lowest BCUT2D eigenvalue weighted by molar-refractivity contribution is -0.176. The number of likely N-dealkylation sites (N-methyl/N-ethyl adjacent to an activating group) is 1. The maximum absolute atomic E-state index is 13.9. The largest absolute Gasteiger partial charge is 0.507 e. The van der Waals surface area contributed by atoms with Crippen molar-refractivity contribution in [3.63, 3.8) is 0 Å². The molecule has 4 N–H and O–H groups in total. The molecule has 9 nitrogen and oxygen atoms in total. The molecule has 0 aromatic heterocycles. The van der Waals surface area contributed by atoms with E-state index in [2.05, 4.69) is 0 Å². The number of hydrogen-bond donors (Lipinski definition) is 3. The second-order valence-electron chi connectivity index (χ2n) is 11.4. The lowest BCUT2D eigenvalue weighted by Gasteiger charge is -2.53. The normalized spacial score (nSPS) is 30.0. The van der Waals surface area contributed by atoms with Crippen LogP contribution in [-0.4, -0.2) is 71.2 Å². The summed E-state index contributed by atoms with van der Waals surface area (Å²) in [7, 11) is 4.94. The Morgan fingerprint density at radius 2 is 1.79 bits per heavy atom. The third-order valence-corrected chi connectivity index (χ3v) is 9.01. The Morgan fingerprint density at radius 3 is 2.41 bits per heavy atom. The number of Topliss-reactive ketones (excluding diaryl/α,β-unsaturated/α-hetero) is 3. The van der Waals surface area contributed by atoms with Crippen LogP contribution in [0.5, 0.6) is 11.5 Å². The van der Waals surface area contributed by atoms with E-state index in [-0.39, 0.29) is 17.7 Å². The molecule has 39 heavy (non-hydrogen) atoms. The van der Waals surface area contributed by atoms with Crippen molar-refractivity contribution in [1.29, 1.82) is 0 Å². The Labute approximate surface area is 226 Å². The van der Waals surface area contributed by atoms with Gasteiger partial charge in [0.05, 0.1) is 24.6 Å². The van der Waals surface area contributed by atoms with Crippen LogP contribution in [-0.2, 0) is 33.6 Å². The molecule has 2 aromatic carbocycles. The number of hydrogen-bond acceptors (Lipinski definition) is 8. The molecule has 0 heterocycles. The first-order valence-corrected chi connectivity index (χ1v) is 13.2. The minimum Gasteiger partial charge on any atom is -0.507 e. The number of primary amides is 1. The van der Waals surface area contributed by atoms with Crippen LogP contribution in [0.2, 0.25) is 0 Å². The van der Waals surface area contributed by atoms with E-state index in [9.17, 15) is 29.4 Å². The number of aliphatic hydroxyl groups is 1. The third kappa shape index (κ3) is 4.33. The zero-order valence-electron chi connectivity index (χ0n) is 22.3. The minimum atomic E-state index is -2.04. The fourth-order valence-electron chi connectivity index (χ4n) is 7.08. The fraction of sp³-hybridized carbons (Fsp3) is 0.467. The molecule has 0 radical (unpaired) electrons. The van der Waals surface area contributed by atoms with Crippen molar-refractivity contribution in [2.45, 2.75) is 43.7 Å². The summed E-state index contributed by atoms with van der Waals surface area (Å²) < 4.78 is 5.22. The van der Waals surface area contributed by atoms with Gasteiger partial charge in [-0.15, -0.1) is 0 Å². The van der Waals surface area contributed by atoms with Gasteiger partial charge in [-0.2, -0.15) is 0 Å². The summed E-state index contributed by atoms with van der Waals surface area (Å²) in [5, 5.41) is 22.4. The van der Waals surface area contributed by atoms with Crippen LogP contribution in [0.15, 0.2) is 36.4 Å². The highest BCUT2D eigenvalue weighted by Crippen LogP contribution is 2.52. The van der Waals surface area contributed by atoms with E-state index in [4.69, 9.17) is 10.5 Å². The molecule has 2 fully saturated rings. The number of nitrogens with two attached hydrogens (primary N) is 1. The summed E-state index contributed by atoms with van der Waals surface area (Å²) in [4.78, 5) is 54.6. The molecule has 206 valence electrons. The molecule has 0 aliphatic heterocycles. The standard InChI is InChI=1S/C30H34N2O7/c1-32(2)25-21-13-17-12-19-16(7-4-15-5-9-18(39-3)10-6-15)8-11-22(33)24(19)27(35)23(17)28(36)30(21,38)14-20(26(25)34)29(31)37/h5-6,8-11,17,20-21,23,25,33,38H,4,7,12-14H2,1-3H3,(H2,31,37). The monoisotopic (exact) mass is 534 g/mol. The lowest BCUT2D eigenvalue weighted by Crippen LogP contribution is -2.69. The molecule has 0 bridgehead atoms. The van der Waals surface area contributed by atoms with Gasteiger partial charge in [-0.1, -0.05) is 18.2 Å². The van der Waals surface area contributed by atoms with Crippen LogP contribution in [0.4, 0.5) is 0 Å². The molecular weight excluding hydrogens is 500 g/mol. The first kappa shape index (κ1) is 27.0. The number of ketones is 3. The number of phenolic OH excluding ortho intramolecular Hbond substituents is 1. The van der Waals surface area contributed by atoms with E-state index in [1.165, 1.54) is 6.07 Å². The highest BCUT2D eigenvalue weighted by Gasteiger charge is 2.64. The van der Waals surface area contributed by atoms with E-state index < -0.39 is 65.0 Å². The van der Waals surface area contributed by atoms with Gasteiger partial charge in [-0.3, -0.25) is 24.1 Å². The number of methoxy groups -OCH3 is 1. The maximum Gasteiger partial charge on any atom is 0.228 e. The number of fused-ring (bicyclic) bond motifs is 3. The molecule has 0 spiro atoms. The molecule has 2 saturated carbocycles. The smallest absolute Gasteiger partial charge is 0.228 e. The van der Waals surface area contributed by atoms with Crippen molar-refractivity contribution in [3.05, 3.63) is 58.7 Å². The summed E-state index contributed by atoms with van der Waals surface area (Å²) in [6.07, 6.45) is 1.53. The Kier molecular flexibility index (Phi) is 6.84. The number of aryl methyl sites for hydroxylation is 2. The number of benzene rings is 2. The highest BCUT2D eigenvalue weighted by molar-refractivity contribution is 6.17. The van der Waals surface area contributed by atoms with Crippen LogP contribution in [0.1, 0.15) is 39.9 Å². The number of amides is 1. The van der Waals surface area contributed by atoms with Crippen LogP contribution >= 0.6 is 0 Å². The molecule has 1 amide bonds. The number of aromatic hydroxyl groups is 1. The third-order valence-electron chi connectivity index (χ3n) is 9.01. The van der Waals surface area contributed by atoms with Crippen molar-refractivity contribution in [1.82, 2.24) is 4.90 Å². The number of phenols is 1. The summed E-state index contributed by atoms with van der Waals surface area (Å²) in [6.45, 7) is 0. The van der Waals surface area contributed by atoms with Crippen molar-refractivity contribution < 1.29 is 34.1 Å². The zero-order valence-corrected chi connectivity index (χ0v) is 22.3. The Bertz CT molecular complexity index is 1350. The molecule has 0 saturated heterocycles. The quantitative estimate of drug-likeness (QED) is 0.472. The van der Waals surface area contributed by atoms with Gasteiger partial charge in [-0.25, -0.2) is 0 Å². The van der Waals surface area contributed by atoms with Gasteiger partial charge < -0.3 is 20.7 Å². The molecule has 6 atom stereocenters. The van der Waals surface area contributed by atoms with Crippen LogP contribution in [0, 0.1) is 23.7 Å². The molecule has 3 aliphatic carbocycles. The predicted octanol–water partition coefficient (Wildman–Crippen LogP) is 1.48. The molecule has 5 rings (SSSR count). The first-order chi connectivity index (χ1) is 18.5. The van der Waals surface area contributed by atoms with Crippen LogP contribution in [0.25, 0.3) is 0 Å². The van der Waals surface area contributed by atoms with Gasteiger partial charge in [0.2, 0.25) is 5.91 Å². The second kappa shape index (κ2) is 9.88. The van der Waals surface area contributed by atoms with Crippen LogP contribution < -0.4 is 10.5 Å². The molecule has 6 unspecified atom stereocenters. The molecule has 3 aliphatic rings. The number of nitrogens with zero attached hydrogens (tertiary/aromatic N) is 1. The second-order valence-corrected chi connectivity index (χ2v) is 11.4. The van der Waals surface area contributed by atoms with Gasteiger partial charge >= 0.3 is 0 Å². The van der Waals surface area contributed by atoms with Gasteiger partial charge in [0.25, 0.3) is 0 Å². The Morgan fingerprint density at radius 1 is 1.10 bits per heavy atom. The average Bonchev–Trinajstić information content (AvgIpc) is 2.89. The van der Waals surface area contributed by atoms with E-state index >= 15 is 0 Å². The number of ether oxygens (including phenoxy) is 1.